The van der Waals surface area contributed by atoms with Gasteiger partial charge in [0.1, 0.15) is 0 Å². The maximum atomic E-state index is 11.8. The van der Waals surface area contributed by atoms with Gasteiger partial charge in [-0.25, -0.2) is 0 Å². The van der Waals surface area contributed by atoms with Crippen LogP contribution in [0.2, 0.25) is 0 Å². The highest BCUT2D eigenvalue weighted by atomic mass is 79.9. The van der Waals surface area contributed by atoms with E-state index in [9.17, 15) is 4.79 Å². The number of halogens is 1. The predicted molar refractivity (Wildman–Crippen MR) is 66.9 cm³/mol. The molecule has 1 aliphatic heterocycles. The van der Waals surface area contributed by atoms with Gasteiger partial charge >= 0.3 is 0 Å². The van der Waals surface area contributed by atoms with Crippen LogP contribution in [0.1, 0.15) is 18.1 Å². The van der Waals surface area contributed by atoms with Crippen molar-refractivity contribution in [2.45, 2.75) is 25.9 Å². The molecular weight excluding hydrogens is 268 g/mol. The Balaban J connectivity index is 2.21. The van der Waals surface area contributed by atoms with Crippen LogP contribution in [0.4, 0.5) is 0 Å². The maximum absolute atomic E-state index is 11.8. The lowest BCUT2D eigenvalue weighted by Crippen LogP contribution is -2.44. The van der Waals surface area contributed by atoms with Gasteiger partial charge in [0.2, 0.25) is 5.91 Å². The van der Waals surface area contributed by atoms with Crippen LogP contribution >= 0.6 is 15.9 Å². The van der Waals surface area contributed by atoms with Gasteiger partial charge in [0.05, 0.1) is 6.04 Å². The van der Waals surface area contributed by atoms with Gasteiger partial charge in [-0.15, -0.1) is 0 Å². The van der Waals surface area contributed by atoms with Crippen LogP contribution in [0.3, 0.4) is 0 Å². The van der Waals surface area contributed by atoms with Crippen LogP contribution in [0, 0.1) is 0 Å². The van der Waals surface area contributed by atoms with E-state index in [-0.39, 0.29) is 5.91 Å². The number of hydrogen-bond acceptors (Lipinski definition) is 2. The number of benzene rings is 1. The molecule has 1 aromatic carbocycles. The Labute approximate surface area is 104 Å². The monoisotopic (exact) mass is 282 g/mol. The minimum absolute atomic E-state index is 0.0330. The number of hydrogen-bond donors (Lipinski definition) is 1. The molecule has 86 valence electrons. The third-order valence-electron chi connectivity index (χ3n) is 2.91. The molecule has 2 rings (SSSR count). The summed E-state index contributed by atoms with van der Waals surface area (Å²) in [5, 5.41) is 0. The lowest BCUT2D eigenvalue weighted by molar-refractivity contribution is -0.133. The molecule has 3 nitrogen and oxygen atoms in total. The van der Waals surface area contributed by atoms with Gasteiger partial charge in [0, 0.05) is 17.6 Å². The van der Waals surface area contributed by atoms with Gasteiger partial charge in [-0.1, -0.05) is 28.1 Å². The zero-order valence-electron chi connectivity index (χ0n) is 9.24. The summed E-state index contributed by atoms with van der Waals surface area (Å²) in [6.45, 7) is 3.17. The second-order valence-corrected chi connectivity index (χ2v) is 5.03. The zero-order valence-corrected chi connectivity index (χ0v) is 10.8. The Morgan fingerprint density at radius 2 is 2.31 bits per heavy atom. The van der Waals surface area contributed by atoms with Crippen LogP contribution in [-0.4, -0.2) is 23.4 Å². The average Bonchev–Trinajstić information content (AvgIpc) is 2.28. The summed E-state index contributed by atoms with van der Waals surface area (Å²) >= 11 is 3.54. The van der Waals surface area contributed by atoms with E-state index < -0.39 is 6.04 Å². The molecule has 2 N–H and O–H groups in total. The van der Waals surface area contributed by atoms with Crippen molar-refractivity contribution in [2.75, 3.05) is 6.54 Å². The molecule has 0 bridgehead atoms. The fourth-order valence-corrected chi connectivity index (χ4v) is 2.64. The molecule has 0 spiro atoms. The molecule has 0 saturated heterocycles. The quantitative estimate of drug-likeness (QED) is 0.852. The van der Waals surface area contributed by atoms with Crippen LogP contribution in [0.25, 0.3) is 0 Å². The lowest BCUT2D eigenvalue weighted by atomic mass is 9.99. The largest absolute Gasteiger partial charge is 0.337 e. The number of fused-ring (bicyclic) bond motifs is 1. The predicted octanol–water partition coefficient (Wildman–Crippen LogP) is 1.68. The molecule has 16 heavy (non-hydrogen) atoms. The first kappa shape index (κ1) is 11.6. The molecule has 1 heterocycles. The van der Waals surface area contributed by atoms with E-state index in [0.717, 1.165) is 17.4 Å². The minimum atomic E-state index is -0.409. The van der Waals surface area contributed by atoms with Crippen LogP contribution < -0.4 is 5.73 Å². The number of nitrogens with zero attached hydrogens (tertiary/aromatic N) is 1. The molecule has 0 unspecified atom stereocenters. The Bertz CT molecular complexity index is 417. The van der Waals surface area contributed by atoms with Gasteiger partial charge in [-0.3, -0.25) is 4.79 Å². The molecule has 1 aromatic rings. The molecule has 4 heteroatoms. The Hall–Kier alpha value is -0.870. The van der Waals surface area contributed by atoms with Crippen molar-refractivity contribution >= 4 is 21.8 Å². The summed E-state index contributed by atoms with van der Waals surface area (Å²) < 4.78 is 1.14. The number of amides is 1. The van der Waals surface area contributed by atoms with Crippen LogP contribution in [0.5, 0.6) is 0 Å². The van der Waals surface area contributed by atoms with Gasteiger partial charge < -0.3 is 10.6 Å². The third kappa shape index (κ3) is 2.13. The van der Waals surface area contributed by atoms with Gasteiger partial charge in [-0.05, 0) is 30.5 Å². The first-order valence-electron chi connectivity index (χ1n) is 5.40. The molecule has 0 aromatic heterocycles. The number of rotatable bonds is 1. The van der Waals surface area contributed by atoms with E-state index in [1.54, 1.807) is 6.92 Å². The van der Waals surface area contributed by atoms with Crippen molar-refractivity contribution in [1.82, 2.24) is 4.90 Å². The fourth-order valence-electron chi connectivity index (χ4n) is 2.04. The summed E-state index contributed by atoms with van der Waals surface area (Å²) in [7, 11) is 0. The smallest absolute Gasteiger partial charge is 0.239 e. The standard InChI is InChI=1S/C12H15BrN2O/c1-8(14)12(16)15-6-5-10-9(7-15)3-2-4-11(10)13/h2-4,8H,5-7,14H2,1H3/t8-/m0/s1. The Morgan fingerprint density at radius 1 is 1.56 bits per heavy atom. The van der Waals surface area contributed by atoms with Crippen molar-refractivity contribution in [2.24, 2.45) is 5.73 Å². The summed E-state index contributed by atoms with van der Waals surface area (Å²) in [6.07, 6.45) is 0.898. The highest BCUT2D eigenvalue weighted by Crippen LogP contribution is 2.26. The molecule has 0 saturated carbocycles. The van der Waals surface area contributed by atoms with E-state index in [1.165, 1.54) is 11.1 Å². The van der Waals surface area contributed by atoms with Gasteiger partial charge in [0.15, 0.2) is 0 Å². The Morgan fingerprint density at radius 3 is 3.00 bits per heavy atom. The summed E-state index contributed by atoms with van der Waals surface area (Å²) in [5.41, 5.74) is 8.15. The highest BCUT2D eigenvalue weighted by molar-refractivity contribution is 9.10. The van der Waals surface area contributed by atoms with E-state index in [2.05, 4.69) is 22.0 Å². The average molecular weight is 283 g/mol. The normalized spacial score (nSPS) is 16.8. The van der Waals surface area contributed by atoms with E-state index >= 15 is 0 Å². The lowest BCUT2D eigenvalue weighted by Gasteiger charge is -2.30. The second kappa shape index (κ2) is 4.55. The molecule has 1 amide bonds. The van der Waals surface area contributed by atoms with Crippen molar-refractivity contribution in [3.8, 4) is 0 Å². The second-order valence-electron chi connectivity index (χ2n) is 4.18. The summed E-state index contributed by atoms with van der Waals surface area (Å²) in [5.74, 6) is 0.0330. The van der Waals surface area contributed by atoms with Crippen LogP contribution in [-0.2, 0) is 17.8 Å². The van der Waals surface area contributed by atoms with E-state index in [0.29, 0.717) is 6.54 Å². The zero-order chi connectivity index (χ0) is 11.7. The summed E-state index contributed by atoms with van der Waals surface area (Å²) in [4.78, 5) is 13.6. The van der Waals surface area contributed by atoms with E-state index in [1.807, 2.05) is 17.0 Å². The van der Waals surface area contributed by atoms with Crippen molar-refractivity contribution in [3.63, 3.8) is 0 Å². The van der Waals surface area contributed by atoms with E-state index in [4.69, 9.17) is 5.73 Å². The topological polar surface area (TPSA) is 46.3 Å². The van der Waals surface area contributed by atoms with Gasteiger partial charge in [0.25, 0.3) is 0 Å². The first-order valence-corrected chi connectivity index (χ1v) is 6.19. The molecule has 0 fully saturated rings. The van der Waals surface area contributed by atoms with Gasteiger partial charge in [-0.2, -0.15) is 0 Å². The number of carbonyl (C=O) groups is 1. The first-order chi connectivity index (χ1) is 7.59. The molecule has 0 aliphatic carbocycles. The SMILES string of the molecule is C[C@H](N)C(=O)N1CCc2c(Br)cccc2C1. The van der Waals surface area contributed by atoms with Crippen LogP contribution in [0.15, 0.2) is 22.7 Å². The Kier molecular flexibility index (Phi) is 3.30. The molecule has 1 atom stereocenters. The molecule has 0 radical (unpaired) electrons. The minimum Gasteiger partial charge on any atom is -0.337 e. The number of nitrogens with two attached hydrogens (primary N) is 1. The molecular formula is C12H15BrN2O. The summed E-state index contributed by atoms with van der Waals surface area (Å²) in [6, 6.07) is 5.71. The third-order valence-corrected chi connectivity index (χ3v) is 3.65. The highest BCUT2D eigenvalue weighted by Gasteiger charge is 2.23. The van der Waals surface area contributed by atoms with Crippen molar-refractivity contribution in [3.05, 3.63) is 33.8 Å². The maximum Gasteiger partial charge on any atom is 0.239 e. The van der Waals surface area contributed by atoms with Crippen molar-refractivity contribution in [1.29, 1.82) is 0 Å². The fraction of sp³-hybridized carbons (Fsp3) is 0.417. The molecule has 1 aliphatic rings. The number of carbonyl (C=O) groups excluding carboxylic acids is 1. The van der Waals surface area contributed by atoms with Crippen molar-refractivity contribution < 1.29 is 4.79 Å².